The molecular weight excluding hydrogens is 174 g/mol. The third-order valence-corrected chi connectivity index (χ3v) is 3.62. The zero-order valence-electron chi connectivity index (χ0n) is 8.60. The maximum Gasteiger partial charge on any atom is 0.280 e. The lowest BCUT2D eigenvalue weighted by molar-refractivity contribution is -0.980. The maximum absolute atomic E-state index is 9.97. The molecule has 0 saturated carbocycles. The van der Waals surface area contributed by atoms with E-state index in [0.29, 0.717) is 10.9 Å². The highest BCUT2D eigenvalue weighted by atomic mass is 35.5. The number of rotatable bonds is 5. The fourth-order valence-corrected chi connectivity index (χ4v) is 2.09. The van der Waals surface area contributed by atoms with Crippen LogP contribution in [-0.2, 0) is 0 Å². The summed E-state index contributed by atoms with van der Waals surface area (Å²) < 4.78 is 0.574. The molecule has 0 saturated heterocycles. The molecule has 0 fully saturated rings. The van der Waals surface area contributed by atoms with Gasteiger partial charge in [-0.3, -0.25) is 4.48 Å². The highest BCUT2D eigenvalue weighted by Gasteiger charge is 2.43. The van der Waals surface area contributed by atoms with Crippen LogP contribution in [0.4, 0.5) is 0 Å². The summed E-state index contributed by atoms with van der Waals surface area (Å²) in [6.45, 7) is 10.7. The Kier molecular flexibility index (Phi) is 4.53. The number of hydrogen-bond donors (Lipinski definition) is 1. The van der Waals surface area contributed by atoms with Crippen LogP contribution in [0, 0.1) is 0 Å². The molecule has 0 heterocycles. The molecule has 0 aliphatic carbocycles. The second-order valence-corrected chi connectivity index (χ2v) is 3.77. The lowest BCUT2D eigenvalue weighted by Crippen LogP contribution is -2.61. The van der Waals surface area contributed by atoms with Gasteiger partial charge in [0.1, 0.15) is 0 Å². The van der Waals surface area contributed by atoms with Gasteiger partial charge >= 0.3 is 0 Å². The van der Waals surface area contributed by atoms with Crippen LogP contribution < -0.4 is 0 Å². The topological polar surface area (TPSA) is 20.2 Å². The average molecular weight is 195 g/mol. The van der Waals surface area contributed by atoms with Crippen molar-refractivity contribution in [1.82, 2.24) is 0 Å². The van der Waals surface area contributed by atoms with Crippen molar-refractivity contribution >= 4 is 11.6 Å². The number of nitrogens with zero attached hydrogens (tertiary/aromatic N) is 1. The van der Waals surface area contributed by atoms with Crippen molar-refractivity contribution < 1.29 is 9.59 Å². The molecule has 1 unspecified atom stereocenters. The molecule has 74 valence electrons. The second kappa shape index (κ2) is 4.45. The lowest BCUT2D eigenvalue weighted by atomic mass is 10.2. The van der Waals surface area contributed by atoms with Crippen LogP contribution >= 0.6 is 11.6 Å². The number of aliphatic hydroxyl groups is 1. The van der Waals surface area contributed by atoms with Gasteiger partial charge in [0.15, 0.2) is 0 Å². The summed E-state index contributed by atoms with van der Waals surface area (Å²) in [6, 6.07) is 0. The van der Waals surface area contributed by atoms with Gasteiger partial charge < -0.3 is 5.11 Å². The number of alkyl halides is 1. The SMILES string of the molecule is CCC(O)(Cl)[N+](CC)(CC)CC. The minimum atomic E-state index is -1.09. The summed E-state index contributed by atoms with van der Waals surface area (Å²) >= 11 is 6.07. The summed E-state index contributed by atoms with van der Waals surface area (Å²) in [5.74, 6) is 0. The van der Waals surface area contributed by atoms with E-state index in [4.69, 9.17) is 11.6 Å². The number of halogens is 1. The molecule has 0 aromatic heterocycles. The van der Waals surface area contributed by atoms with Crippen LogP contribution in [0.15, 0.2) is 0 Å². The molecule has 0 aliphatic heterocycles. The molecule has 0 aromatic carbocycles. The van der Waals surface area contributed by atoms with Crippen molar-refractivity contribution in [1.29, 1.82) is 0 Å². The van der Waals surface area contributed by atoms with Gasteiger partial charge in [-0.1, -0.05) is 6.92 Å². The first-order valence-corrected chi connectivity index (χ1v) is 5.14. The van der Waals surface area contributed by atoms with Gasteiger partial charge in [0, 0.05) is 6.42 Å². The Hall–Kier alpha value is 0.210. The highest BCUT2D eigenvalue weighted by Crippen LogP contribution is 2.29. The zero-order valence-corrected chi connectivity index (χ0v) is 9.36. The van der Waals surface area contributed by atoms with Crippen molar-refractivity contribution in [2.24, 2.45) is 0 Å². The standard InChI is InChI=1S/C9H21ClNO/c1-5-9(10,12)11(6-2,7-3)8-4/h12H,5-8H2,1-4H3/q+1. The molecule has 1 atom stereocenters. The average Bonchev–Trinajstić information content (AvgIpc) is 2.08. The molecule has 2 nitrogen and oxygen atoms in total. The predicted molar refractivity (Wildman–Crippen MR) is 53.0 cm³/mol. The monoisotopic (exact) mass is 194 g/mol. The van der Waals surface area contributed by atoms with Gasteiger partial charge in [-0.2, -0.15) is 0 Å². The fraction of sp³-hybridized carbons (Fsp3) is 1.00. The smallest absolute Gasteiger partial charge is 0.280 e. The Balaban J connectivity index is 4.69. The minimum Gasteiger partial charge on any atom is -0.330 e. The van der Waals surface area contributed by atoms with Crippen molar-refractivity contribution in [3.63, 3.8) is 0 Å². The second-order valence-electron chi connectivity index (χ2n) is 3.17. The van der Waals surface area contributed by atoms with E-state index in [9.17, 15) is 5.11 Å². The zero-order chi connectivity index (χ0) is 9.83. The van der Waals surface area contributed by atoms with Gasteiger partial charge in [-0.05, 0) is 32.4 Å². The van der Waals surface area contributed by atoms with Crippen LogP contribution in [0.3, 0.4) is 0 Å². The molecule has 0 bridgehead atoms. The third-order valence-electron chi connectivity index (χ3n) is 2.99. The van der Waals surface area contributed by atoms with Crippen molar-refractivity contribution in [3.05, 3.63) is 0 Å². The Morgan fingerprint density at radius 3 is 1.50 bits per heavy atom. The maximum atomic E-state index is 9.97. The van der Waals surface area contributed by atoms with Gasteiger partial charge in [-0.25, -0.2) is 0 Å². The van der Waals surface area contributed by atoms with E-state index in [2.05, 4.69) is 20.8 Å². The van der Waals surface area contributed by atoms with E-state index in [1.165, 1.54) is 0 Å². The van der Waals surface area contributed by atoms with Gasteiger partial charge in [-0.15, -0.1) is 0 Å². The first kappa shape index (κ1) is 12.2. The molecule has 0 amide bonds. The van der Waals surface area contributed by atoms with Crippen molar-refractivity contribution in [3.8, 4) is 0 Å². The van der Waals surface area contributed by atoms with Gasteiger partial charge in [0.25, 0.3) is 5.18 Å². The molecular formula is C9H21ClNO+. The van der Waals surface area contributed by atoms with Crippen LogP contribution in [0.25, 0.3) is 0 Å². The molecule has 0 rings (SSSR count). The van der Waals surface area contributed by atoms with Crippen LogP contribution in [-0.4, -0.2) is 34.4 Å². The van der Waals surface area contributed by atoms with Crippen LogP contribution in [0.2, 0.25) is 0 Å². The normalized spacial score (nSPS) is 17.5. The highest BCUT2D eigenvalue weighted by molar-refractivity contribution is 6.21. The first-order valence-electron chi connectivity index (χ1n) is 4.77. The third kappa shape index (κ3) is 1.93. The summed E-state index contributed by atoms with van der Waals surface area (Å²) in [4.78, 5) is 0. The van der Waals surface area contributed by atoms with Crippen molar-refractivity contribution in [2.75, 3.05) is 19.6 Å². The first-order chi connectivity index (χ1) is 5.49. The van der Waals surface area contributed by atoms with Crippen LogP contribution in [0.5, 0.6) is 0 Å². The molecule has 12 heavy (non-hydrogen) atoms. The Bertz CT molecular complexity index is 124. The largest absolute Gasteiger partial charge is 0.330 e. The summed E-state index contributed by atoms with van der Waals surface area (Å²) in [5.41, 5.74) is 0. The van der Waals surface area contributed by atoms with E-state index >= 15 is 0 Å². The van der Waals surface area contributed by atoms with Gasteiger partial charge in [0.2, 0.25) is 0 Å². The molecule has 0 aliphatic rings. The van der Waals surface area contributed by atoms with E-state index in [1.807, 2.05) is 6.92 Å². The Morgan fingerprint density at radius 2 is 1.42 bits per heavy atom. The lowest BCUT2D eigenvalue weighted by Gasteiger charge is -2.44. The summed E-state index contributed by atoms with van der Waals surface area (Å²) in [5, 5.41) is 8.89. The molecule has 3 heteroatoms. The van der Waals surface area contributed by atoms with E-state index in [1.54, 1.807) is 0 Å². The quantitative estimate of drug-likeness (QED) is 0.308. The molecule has 0 spiro atoms. The summed E-state index contributed by atoms with van der Waals surface area (Å²) in [7, 11) is 0. The van der Waals surface area contributed by atoms with E-state index in [-0.39, 0.29) is 0 Å². The van der Waals surface area contributed by atoms with E-state index in [0.717, 1.165) is 19.6 Å². The fourth-order valence-electron chi connectivity index (χ4n) is 1.73. The predicted octanol–water partition coefficient (Wildman–Crippen LogP) is 2.16. The van der Waals surface area contributed by atoms with Crippen molar-refractivity contribution in [2.45, 2.75) is 39.3 Å². The van der Waals surface area contributed by atoms with Gasteiger partial charge in [0.05, 0.1) is 19.6 Å². The Morgan fingerprint density at radius 1 is 1.08 bits per heavy atom. The molecule has 1 N–H and O–H groups in total. The molecule has 0 radical (unpaired) electrons. The number of quaternary nitrogens is 1. The Labute approximate surface area is 80.7 Å². The number of hydrogen-bond acceptors (Lipinski definition) is 1. The summed E-state index contributed by atoms with van der Waals surface area (Å²) in [6.07, 6.45) is 0.587. The van der Waals surface area contributed by atoms with Crippen LogP contribution in [0.1, 0.15) is 34.1 Å². The van der Waals surface area contributed by atoms with E-state index < -0.39 is 5.18 Å². The molecule has 0 aromatic rings. The minimum absolute atomic E-state index is 0.574.